The van der Waals surface area contributed by atoms with Crippen LogP contribution in [0, 0.1) is 0 Å². The maximum atomic E-state index is 12.8. The molecule has 58 heavy (non-hydrogen) atoms. The fourth-order valence-corrected chi connectivity index (χ4v) is 6.91. The number of carbonyl (C=O) groups is 3. The fourth-order valence-electron chi connectivity index (χ4n) is 6.91. The van der Waals surface area contributed by atoms with Crippen molar-refractivity contribution in [3.8, 4) is 0 Å². The number of aliphatic carboxylic acids is 1. The quantitative estimate of drug-likeness (QED) is 0.0262. The molecule has 0 bridgehead atoms. The largest absolute Gasteiger partial charge is 0.544 e. The van der Waals surface area contributed by atoms with Crippen LogP contribution in [-0.2, 0) is 28.6 Å². The summed E-state index contributed by atoms with van der Waals surface area (Å²) in [7, 11) is 5.40. The van der Waals surface area contributed by atoms with Crippen molar-refractivity contribution in [2.24, 2.45) is 0 Å². The molecule has 0 radical (unpaired) electrons. The van der Waals surface area contributed by atoms with Crippen molar-refractivity contribution in [3.05, 3.63) is 48.6 Å². The van der Waals surface area contributed by atoms with Crippen LogP contribution in [0.5, 0.6) is 0 Å². The Balaban J connectivity index is 4.30. The van der Waals surface area contributed by atoms with Gasteiger partial charge in [0, 0.05) is 19.3 Å². The maximum Gasteiger partial charge on any atom is 0.306 e. The number of hydrogen-bond donors (Lipinski definition) is 0. The summed E-state index contributed by atoms with van der Waals surface area (Å²) in [5.41, 5.74) is 0. The van der Waals surface area contributed by atoms with Crippen molar-refractivity contribution < 1.29 is 38.2 Å². The summed E-state index contributed by atoms with van der Waals surface area (Å²) < 4.78 is 17.2. The summed E-state index contributed by atoms with van der Waals surface area (Å²) in [6, 6.07) is -0.729. The van der Waals surface area contributed by atoms with E-state index in [1.54, 1.807) is 21.1 Å². The Labute approximate surface area is 356 Å². The van der Waals surface area contributed by atoms with Crippen molar-refractivity contribution >= 4 is 17.9 Å². The summed E-state index contributed by atoms with van der Waals surface area (Å²) in [6.45, 7) is 4.52. The standard InChI is InChI=1S/C50H89NO7/c1-6-8-10-12-14-16-18-20-22-23-24-25-27-29-31-33-35-37-39-41-49(53)58-46(44-56-43-42-47(50(54)55)51(3,4)5)45-57-48(52)40-38-36-34-32-30-28-26-21-19-17-15-13-11-9-7-2/h9,11,13,15,17,19,21,26,46-47H,6-8,10,12,14,16,18,20,22-25,27-45H2,1-5H3/b11-9+,15-13+,19-17+,26-21+. The number of hydrogen-bond acceptors (Lipinski definition) is 7. The minimum atomic E-state index is -1.13. The van der Waals surface area contributed by atoms with E-state index in [0.29, 0.717) is 12.8 Å². The molecule has 2 unspecified atom stereocenters. The van der Waals surface area contributed by atoms with Crippen LogP contribution in [0.1, 0.15) is 200 Å². The maximum absolute atomic E-state index is 12.8. The van der Waals surface area contributed by atoms with Gasteiger partial charge >= 0.3 is 11.9 Å². The van der Waals surface area contributed by atoms with Gasteiger partial charge in [-0.1, -0.05) is 197 Å². The monoisotopic (exact) mass is 816 g/mol. The molecule has 8 heteroatoms. The van der Waals surface area contributed by atoms with Crippen molar-refractivity contribution in [1.82, 2.24) is 0 Å². The van der Waals surface area contributed by atoms with E-state index in [-0.39, 0.29) is 42.7 Å². The highest BCUT2D eigenvalue weighted by molar-refractivity contribution is 5.70. The first-order valence-corrected chi connectivity index (χ1v) is 23.7. The lowest BCUT2D eigenvalue weighted by Crippen LogP contribution is -2.55. The van der Waals surface area contributed by atoms with Crippen molar-refractivity contribution in [2.45, 2.75) is 212 Å². The number of carboxylic acids is 1. The Morgan fingerprint density at radius 3 is 1.43 bits per heavy atom. The second-order valence-electron chi connectivity index (χ2n) is 17.1. The molecule has 0 aliphatic heterocycles. The van der Waals surface area contributed by atoms with E-state index in [9.17, 15) is 19.5 Å². The Kier molecular flexibility index (Phi) is 39.1. The first-order chi connectivity index (χ1) is 28.1. The topological polar surface area (TPSA) is 102 Å². The highest BCUT2D eigenvalue weighted by atomic mass is 16.6. The van der Waals surface area contributed by atoms with E-state index in [4.69, 9.17) is 14.2 Å². The fraction of sp³-hybridized carbons (Fsp3) is 0.780. The van der Waals surface area contributed by atoms with Gasteiger partial charge in [0.1, 0.15) is 12.6 Å². The van der Waals surface area contributed by atoms with Gasteiger partial charge in [-0.05, 0) is 32.1 Å². The minimum Gasteiger partial charge on any atom is -0.544 e. The van der Waals surface area contributed by atoms with E-state index in [2.05, 4.69) is 38.2 Å². The number of carbonyl (C=O) groups excluding carboxylic acids is 3. The molecule has 336 valence electrons. The highest BCUT2D eigenvalue weighted by Gasteiger charge is 2.25. The Bertz CT molecular complexity index is 1090. The molecule has 0 saturated heterocycles. The van der Waals surface area contributed by atoms with Crippen LogP contribution in [0.25, 0.3) is 0 Å². The Morgan fingerprint density at radius 1 is 0.534 bits per heavy atom. The number of ether oxygens (including phenoxy) is 3. The number of likely N-dealkylation sites (N-methyl/N-ethyl adjacent to an activating group) is 1. The lowest BCUT2D eigenvalue weighted by Gasteiger charge is -2.34. The third-order valence-electron chi connectivity index (χ3n) is 10.6. The number of nitrogens with zero attached hydrogens (tertiary/aromatic N) is 1. The van der Waals surface area contributed by atoms with E-state index in [1.807, 2.05) is 24.3 Å². The van der Waals surface area contributed by atoms with Gasteiger partial charge in [-0.25, -0.2) is 0 Å². The average molecular weight is 816 g/mol. The zero-order valence-corrected chi connectivity index (χ0v) is 38.2. The van der Waals surface area contributed by atoms with Crippen molar-refractivity contribution in [1.29, 1.82) is 0 Å². The van der Waals surface area contributed by atoms with Crippen LogP contribution < -0.4 is 5.11 Å². The van der Waals surface area contributed by atoms with Crippen LogP contribution >= 0.6 is 0 Å². The van der Waals surface area contributed by atoms with E-state index >= 15 is 0 Å². The van der Waals surface area contributed by atoms with Gasteiger partial charge in [-0.15, -0.1) is 0 Å². The molecule has 0 aromatic heterocycles. The Morgan fingerprint density at radius 2 is 0.966 bits per heavy atom. The number of quaternary nitrogens is 1. The van der Waals surface area contributed by atoms with Gasteiger partial charge in [0.25, 0.3) is 0 Å². The molecule has 0 rings (SSSR count). The van der Waals surface area contributed by atoms with Gasteiger partial charge in [0.05, 0.1) is 40.3 Å². The van der Waals surface area contributed by atoms with Crippen LogP contribution in [0.15, 0.2) is 48.6 Å². The summed E-state index contributed by atoms with van der Waals surface area (Å²) in [6.07, 6.45) is 48.5. The molecule has 0 saturated carbocycles. The molecular weight excluding hydrogens is 727 g/mol. The number of unbranched alkanes of at least 4 members (excludes halogenated alkanes) is 23. The number of allylic oxidation sites excluding steroid dienone is 8. The van der Waals surface area contributed by atoms with E-state index in [0.717, 1.165) is 64.2 Å². The summed E-state index contributed by atoms with van der Waals surface area (Å²) in [4.78, 5) is 36.9. The normalized spacial score (nSPS) is 13.3. The van der Waals surface area contributed by atoms with Crippen LogP contribution in [0.4, 0.5) is 0 Å². The van der Waals surface area contributed by atoms with Crippen LogP contribution in [0.2, 0.25) is 0 Å². The number of esters is 2. The number of carboxylic acid groups (broad SMARTS) is 1. The number of rotatable bonds is 42. The molecule has 8 nitrogen and oxygen atoms in total. The zero-order valence-electron chi connectivity index (χ0n) is 38.2. The second-order valence-corrected chi connectivity index (χ2v) is 17.1. The first-order valence-electron chi connectivity index (χ1n) is 23.7. The van der Waals surface area contributed by atoms with Gasteiger partial charge in [0.15, 0.2) is 6.10 Å². The average Bonchev–Trinajstić information content (AvgIpc) is 3.18. The smallest absolute Gasteiger partial charge is 0.306 e. The van der Waals surface area contributed by atoms with E-state index in [1.165, 1.54) is 103 Å². The van der Waals surface area contributed by atoms with Gasteiger partial charge in [-0.3, -0.25) is 9.59 Å². The second kappa shape index (κ2) is 41.0. The lowest BCUT2D eigenvalue weighted by molar-refractivity contribution is -0.889. The first kappa shape index (κ1) is 55.3. The molecule has 0 heterocycles. The molecule has 0 aromatic rings. The molecule has 0 fully saturated rings. The summed E-state index contributed by atoms with van der Waals surface area (Å²) in [5, 5.41) is 11.6. The molecule has 0 aliphatic carbocycles. The zero-order chi connectivity index (χ0) is 42.8. The van der Waals surface area contributed by atoms with Gasteiger partial charge in [0.2, 0.25) is 0 Å². The molecular formula is C50H89NO7. The summed E-state index contributed by atoms with van der Waals surface area (Å²) >= 11 is 0. The molecule has 0 aliphatic rings. The van der Waals surface area contributed by atoms with Gasteiger partial charge < -0.3 is 28.6 Å². The molecule has 0 N–H and O–H groups in total. The SMILES string of the molecule is CC/C=C/C=C/C=C/C=C/CCCCCCCC(=O)OCC(COCCC(C(=O)[O-])[N+](C)(C)C)OC(=O)CCCCCCCCCCCCCCCCCCCCC. The third kappa shape index (κ3) is 38.8. The van der Waals surface area contributed by atoms with Crippen LogP contribution in [0.3, 0.4) is 0 Å². The minimum absolute atomic E-state index is 0.0341. The van der Waals surface area contributed by atoms with E-state index < -0.39 is 18.1 Å². The highest BCUT2D eigenvalue weighted by Crippen LogP contribution is 2.16. The molecule has 2 atom stereocenters. The van der Waals surface area contributed by atoms with Gasteiger partial charge in [-0.2, -0.15) is 0 Å². The predicted molar refractivity (Wildman–Crippen MR) is 240 cm³/mol. The van der Waals surface area contributed by atoms with Crippen LogP contribution in [-0.4, -0.2) is 75.5 Å². The van der Waals surface area contributed by atoms with Crippen molar-refractivity contribution in [3.63, 3.8) is 0 Å². The summed E-state index contributed by atoms with van der Waals surface area (Å²) in [5.74, 6) is -1.76. The molecule has 0 spiro atoms. The Hall–Kier alpha value is -2.71. The lowest BCUT2D eigenvalue weighted by atomic mass is 10.0. The third-order valence-corrected chi connectivity index (χ3v) is 10.6. The van der Waals surface area contributed by atoms with Crippen molar-refractivity contribution in [2.75, 3.05) is 41.0 Å². The molecule has 0 amide bonds. The molecule has 0 aromatic carbocycles. The predicted octanol–water partition coefficient (Wildman–Crippen LogP) is 11.9.